The number of methoxy groups -OCH3 is 1. The molecule has 1 saturated heterocycles. The Morgan fingerprint density at radius 2 is 1.98 bits per heavy atom. The molecular formula is C33H40N2O5. The van der Waals surface area contributed by atoms with Gasteiger partial charge in [0.05, 0.1) is 13.2 Å². The highest BCUT2D eigenvalue weighted by atomic mass is 16.6. The van der Waals surface area contributed by atoms with Crippen molar-refractivity contribution < 1.29 is 23.7 Å². The maximum atomic E-state index is 11.6. The molecular weight excluding hydrogens is 504 g/mol. The highest BCUT2D eigenvalue weighted by molar-refractivity contribution is 5.75. The fraction of sp³-hybridized carbons (Fsp3) is 0.606. The molecule has 9 rings (SSSR count). The van der Waals surface area contributed by atoms with Gasteiger partial charge in [0.15, 0.2) is 18.1 Å². The third kappa shape index (κ3) is 3.31. The van der Waals surface area contributed by atoms with Gasteiger partial charge >= 0.3 is 0 Å². The number of fused-ring (bicyclic) bond motifs is 2. The molecule has 6 atom stereocenters. The van der Waals surface area contributed by atoms with Crippen LogP contribution in [0.25, 0.3) is 0 Å². The summed E-state index contributed by atoms with van der Waals surface area (Å²) in [6.45, 7) is 3.43. The molecule has 7 nitrogen and oxygen atoms in total. The summed E-state index contributed by atoms with van der Waals surface area (Å²) in [5, 5.41) is 0. The van der Waals surface area contributed by atoms with Gasteiger partial charge < -0.3 is 24.7 Å². The zero-order valence-corrected chi connectivity index (χ0v) is 23.4. The largest absolute Gasteiger partial charge is 0.482 e. The summed E-state index contributed by atoms with van der Waals surface area (Å²) in [6.07, 6.45) is 7.97. The van der Waals surface area contributed by atoms with Crippen molar-refractivity contribution in [3.05, 3.63) is 59.2 Å². The van der Waals surface area contributed by atoms with Gasteiger partial charge in [0.1, 0.15) is 11.7 Å². The van der Waals surface area contributed by atoms with Crippen molar-refractivity contribution in [2.75, 3.05) is 33.4 Å². The molecule has 0 aromatic heterocycles. The molecule has 2 aliphatic heterocycles. The van der Waals surface area contributed by atoms with Crippen molar-refractivity contribution in [1.82, 2.24) is 4.90 Å². The predicted octanol–water partition coefficient (Wildman–Crippen LogP) is 3.99. The second kappa shape index (κ2) is 8.94. The Morgan fingerprint density at radius 1 is 1.12 bits per heavy atom. The highest BCUT2D eigenvalue weighted by Crippen LogP contribution is 2.76. The lowest BCUT2D eigenvalue weighted by atomic mass is 9.35. The molecule has 2 aromatic rings. The standard InChI is InChI=1S/C33H40N2O5/c1-37-33-12-11-31(16-24(33)19-38-18-22-5-3-2-4-6-22)26-15-23-9-10-25(39-20-27(34)36)29-28(23)32(31,30(33)40-29)13-14-35(26)17-21-7-8-21/h2-6,9-10,21,24,26,30H,7-8,11-20H2,1H3,(H2,34,36)/t24-,26-,30-,31-,32+,33-/m1/s1. The lowest BCUT2D eigenvalue weighted by molar-refractivity contribution is -0.283. The van der Waals surface area contributed by atoms with E-state index in [-0.39, 0.29) is 29.5 Å². The third-order valence-corrected chi connectivity index (χ3v) is 11.6. The Hall–Kier alpha value is -2.61. The minimum Gasteiger partial charge on any atom is -0.482 e. The molecule has 4 bridgehead atoms. The number of carbonyl (C=O) groups is 1. The van der Waals surface area contributed by atoms with Gasteiger partial charge in [-0.3, -0.25) is 9.69 Å². The number of likely N-dealkylation sites (tertiary alicyclic amines) is 1. The van der Waals surface area contributed by atoms with E-state index < -0.39 is 11.5 Å². The number of amides is 1. The van der Waals surface area contributed by atoms with Gasteiger partial charge in [0.2, 0.25) is 0 Å². The van der Waals surface area contributed by atoms with Gasteiger partial charge in [-0.2, -0.15) is 0 Å². The summed E-state index contributed by atoms with van der Waals surface area (Å²) >= 11 is 0. The van der Waals surface area contributed by atoms with Crippen molar-refractivity contribution in [1.29, 1.82) is 0 Å². The van der Waals surface area contributed by atoms with Crippen molar-refractivity contribution in [2.45, 2.75) is 74.7 Å². The number of primary amides is 1. The number of rotatable bonds is 10. The molecule has 212 valence electrons. The van der Waals surface area contributed by atoms with E-state index in [1.807, 2.05) is 19.2 Å². The van der Waals surface area contributed by atoms with Crippen LogP contribution in [0.2, 0.25) is 0 Å². The predicted molar refractivity (Wildman–Crippen MR) is 149 cm³/mol. The summed E-state index contributed by atoms with van der Waals surface area (Å²) in [5.74, 6) is 2.09. The van der Waals surface area contributed by atoms with E-state index in [1.54, 1.807) is 0 Å². The molecule has 7 heteroatoms. The number of nitrogens with two attached hydrogens (primary N) is 1. The van der Waals surface area contributed by atoms with Crippen molar-refractivity contribution in [2.24, 2.45) is 23.0 Å². The maximum absolute atomic E-state index is 11.6. The number of hydrogen-bond donors (Lipinski definition) is 1. The molecule has 5 fully saturated rings. The first-order valence-corrected chi connectivity index (χ1v) is 15.2. The van der Waals surface area contributed by atoms with Gasteiger partial charge in [0.25, 0.3) is 5.91 Å². The zero-order chi connectivity index (χ0) is 27.1. The van der Waals surface area contributed by atoms with Crippen LogP contribution in [-0.4, -0.2) is 62.0 Å². The van der Waals surface area contributed by atoms with E-state index in [0.29, 0.717) is 25.0 Å². The second-order valence-electron chi connectivity index (χ2n) is 13.3. The normalized spacial score (nSPS) is 36.7. The van der Waals surface area contributed by atoms with Crippen molar-refractivity contribution in [3.63, 3.8) is 0 Å². The van der Waals surface area contributed by atoms with Crippen LogP contribution in [0.4, 0.5) is 0 Å². The Kier molecular flexibility index (Phi) is 5.62. The monoisotopic (exact) mass is 544 g/mol. The first kappa shape index (κ1) is 25.1. The van der Waals surface area contributed by atoms with E-state index >= 15 is 0 Å². The van der Waals surface area contributed by atoms with Crippen LogP contribution in [0.3, 0.4) is 0 Å². The van der Waals surface area contributed by atoms with E-state index in [9.17, 15) is 4.79 Å². The number of ether oxygens (including phenoxy) is 4. The fourth-order valence-corrected chi connectivity index (χ4v) is 9.89. The van der Waals surface area contributed by atoms with Gasteiger partial charge in [-0.05, 0) is 74.6 Å². The number of carbonyl (C=O) groups excluding carboxylic acids is 1. The summed E-state index contributed by atoms with van der Waals surface area (Å²) in [7, 11) is 1.87. The average Bonchev–Trinajstić information content (AvgIpc) is 3.71. The van der Waals surface area contributed by atoms with Crippen LogP contribution in [0, 0.1) is 17.3 Å². The summed E-state index contributed by atoms with van der Waals surface area (Å²) in [4.78, 5) is 14.5. The number of nitrogens with zero attached hydrogens (tertiary/aromatic N) is 1. The molecule has 2 heterocycles. The highest BCUT2D eigenvalue weighted by Gasteiger charge is 2.80. The lowest BCUT2D eigenvalue weighted by Crippen LogP contribution is -2.81. The molecule has 7 aliphatic rings. The summed E-state index contributed by atoms with van der Waals surface area (Å²) in [5.41, 5.74) is 8.94. The smallest absolute Gasteiger partial charge is 0.255 e. The van der Waals surface area contributed by atoms with Gasteiger partial charge in [-0.25, -0.2) is 0 Å². The Labute approximate surface area is 236 Å². The Bertz CT molecular complexity index is 1330. The molecule has 5 aliphatic carbocycles. The third-order valence-electron chi connectivity index (χ3n) is 11.6. The maximum Gasteiger partial charge on any atom is 0.255 e. The van der Waals surface area contributed by atoms with E-state index in [0.717, 1.165) is 50.3 Å². The van der Waals surface area contributed by atoms with Crippen LogP contribution in [0.5, 0.6) is 11.5 Å². The molecule has 0 radical (unpaired) electrons. The number of piperidine rings is 1. The summed E-state index contributed by atoms with van der Waals surface area (Å²) < 4.78 is 26.2. The first-order chi connectivity index (χ1) is 19.5. The molecule has 1 amide bonds. The average molecular weight is 545 g/mol. The van der Waals surface area contributed by atoms with Crippen molar-refractivity contribution in [3.8, 4) is 11.5 Å². The minimum atomic E-state index is -0.479. The quantitative estimate of drug-likeness (QED) is 0.487. The van der Waals surface area contributed by atoms with Gasteiger partial charge in [-0.15, -0.1) is 0 Å². The molecule has 4 saturated carbocycles. The van der Waals surface area contributed by atoms with Crippen LogP contribution >= 0.6 is 0 Å². The molecule has 2 N–H and O–H groups in total. The van der Waals surface area contributed by atoms with E-state index in [2.05, 4.69) is 35.2 Å². The van der Waals surface area contributed by atoms with Gasteiger partial charge in [0, 0.05) is 42.0 Å². The zero-order valence-electron chi connectivity index (χ0n) is 23.4. The Morgan fingerprint density at radius 3 is 2.75 bits per heavy atom. The van der Waals surface area contributed by atoms with Crippen LogP contribution in [0.15, 0.2) is 42.5 Å². The second-order valence-corrected chi connectivity index (χ2v) is 13.3. The van der Waals surface area contributed by atoms with Crippen LogP contribution in [-0.2, 0) is 32.7 Å². The Balaban J connectivity index is 1.21. The molecule has 2 aromatic carbocycles. The molecule has 40 heavy (non-hydrogen) atoms. The van der Waals surface area contributed by atoms with Crippen LogP contribution < -0.4 is 15.2 Å². The lowest BCUT2D eigenvalue weighted by Gasteiger charge is -2.74. The number of hydrogen-bond acceptors (Lipinski definition) is 6. The van der Waals surface area contributed by atoms with E-state index in [4.69, 9.17) is 24.7 Å². The summed E-state index contributed by atoms with van der Waals surface area (Å²) in [6, 6.07) is 15.1. The minimum absolute atomic E-state index is 0.101. The molecule has 0 unspecified atom stereocenters. The van der Waals surface area contributed by atoms with E-state index in [1.165, 1.54) is 36.1 Å². The molecule has 2 spiro atoms. The number of benzene rings is 2. The SMILES string of the molecule is CO[C@]12CC[C@@]3(C[C@@H]1COCc1ccccc1)[C@H]1Cc4ccc(OCC(N)=O)c5c4[C@@]3(CCN1CC1CC1)[C@H]2O5. The van der Waals surface area contributed by atoms with Gasteiger partial charge in [-0.1, -0.05) is 36.4 Å². The fourth-order valence-electron chi connectivity index (χ4n) is 9.89. The topological polar surface area (TPSA) is 83.2 Å². The van der Waals surface area contributed by atoms with Crippen LogP contribution in [0.1, 0.15) is 55.2 Å². The van der Waals surface area contributed by atoms with Crippen molar-refractivity contribution >= 4 is 5.91 Å². The first-order valence-electron chi connectivity index (χ1n) is 15.2.